The van der Waals surface area contributed by atoms with E-state index in [1.54, 1.807) is 7.11 Å². The predicted molar refractivity (Wildman–Crippen MR) is 65.0 cm³/mol. The first-order valence-corrected chi connectivity index (χ1v) is 5.27. The molecule has 1 aromatic carbocycles. The molecule has 0 spiro atoms. The van der Waals surface area contributed by atoms with Crippen molar-refractivity contribution < 1.29 is 9.47 Å². The van der Waals surface area contributed by atoms with Crippen LogP contribution in [0, 0.1) is 0 Å². The van der Waals surface area contributed by atoms with E-state index in [1.807, 2.05) is 12.1 Å². The maximum Gasteiger partial charge on any atom is 0.138 e. The molecule has 1 atom stereocenters. The van der Waals surface area contributed by atoms with Gasteiger partial charge >= 0.3 is 0 Å². The molecule has 0 radical (unpaired) electrons. The van der Waals surface area contributed by atoms with Gasteiger partial charge in [-0.15, -0.1) is 12.4 Å². The molecule has 3 nitrogen and oxygen atoms in total. The molecular weight excluding hydrogens is 281 g/mol. The molecule has 2 N–H and O–H groups in total. The fraction of sp³-hybridized carbons (Fsp3) is 0.400. The number of methoxy groups -OCH3 is 1. The molecule has 1 aliphatic heterocycles. The molecule has 84 valence electrons. The van der Waals surface area contributed by atoms with Gasteiger partial charge < -0.3 is 15.2 Å². The zero-order chi connectivity index (χ0) is 10.1. The van der Waals surface area contributed by atoms with Crippen LogP contribution in [0.25, 0.3) is 0 Å². The van der Waals surface area contributed by atoms with Crippen LogP contribution in [0.15, 0.2) is 16.6 Å². The van der Waals surface area contributed by atoms with Crippen molar-refractivity contribution in [3.05, 3.63) is 22.2 Å². The maximum absolute atomic E-state index is 5.98. The molecule has 1 aromatic rings. The predicted octanol–water partition coefficient (Wildman–Crippen LogP) is 2.66. The van der Waals surface area contributed by atoms with E-state index in [0.29, 0.717) is 6.61 Å². The number of hydrogen-bond donors (Lipinski definition) is 1. The maximum atomic E-state index is 5.98. The number of benzene rings is 1. The Balaban J connectivity index is 0.00000112. The lowest BCUT2D eigenvalue weighted by atomic mass is 10.0. The molecule has 1 aliphatic rings. The Morgan fingerprint density at radius 1 is 1.53 bits per heavy atom. The Bertz CT molecular complexity index is 360. The van der Waals surface area contributed by atoms with Crippen molar-refractivity contribution in [3.63, 3.8) is 0 Å². The highest BCUT2D eigenvalue weighted by molar-refractivity contribution is 9.10. The summed E-state index contributed by atoms with van der Waals surface area (Å²) in [6.45, 7) is 0.680. The molecule has 5 heteroatoms. The summed E-state index contributed by atoms with van der Waals surface area (Å²) in [4.78, 5) is 0. The summed E-state index contributed by atoms with van der Waals surface area (Å²) in [6.07, 6.45) is 0.854. The van der Waals surface area contributed by atoms with Gasteiger partial charge in [0.15, 0.2) is 0 Å². The smallest absolute Gasteiger partial charge is 0.138 e. The molecule has 0 bridgehead atoms. The summed E-state index contributed by atoms with van der Waals surface area (Å²) in [6, 6.07) is 3.87. The van der Waals surface area contributed by atoms with Gasteiger partial charge in [0, 0.05) is 18.0 Å². The van der Waals surface area contributed by atoms with Crippen LogP contribution < -0.4 is 15.2 Å². The average molecular weight is 295 g/mol. The SMILES string of the molecule is COc1cc(Br)c2c(c1)[C@@H](N)CCO2.Cl. The lowest BCUT2D eigenvalue weighted by Gasteiger charge is -2.24. The number of halogens is 2. The summed E-state index contributed by atoms with van der Waals surface area (Å²) in [5.41, 5.74) is 7.00. The largest absolute Gasteiger partial charge is 0.497 e. The number of fused-ring (bicyclic) bond motifs is 1. The Labute approximate surface area is 103 Å². The van der Waals surface area contributed by atoms with Crippen LogP contribution in [0.3, 0.4) is 0 Å². The fourth-order valence-electron chi connectivity index (χ4n) is 1.58. The summed E-state index contributed by atoms with van der Waals surface area (Å²) in [7, 11) is 1.64. The second-order valence-electron chi connectivity index (χ2n) is 3.27. The Hall–Kier alpha value is -0.450. The molecular formula is C10H13BrClNO2. The molecule has 0 unspecified atom stereocenters. The van der Waals surface area contributed by atoms with E-state index in [2.05, 4.69) is 15.9 Å². The zero-order valence-corrected chi connectivity index (χ0v) is 10.7. The average Bonchev–Trinajstić information content (AvgIpc) is 2.19. The van der Waals surface area contributed by atoms with Crippen molar-refractivity contribution in [2.24, 2.45) is 5.73 Å². The Morgan fingerprint density at radius 3 is 2.93 bits per heavy atom. The van der Waals surface area contributed by atoms with Crippen molar-refractivity contribution >= 4 is 28.3 Å². The van der Waals surface area contributed by atoms with Crippen LogP contribution in [0.5, 0.6) is 11.5 Å². The van der Waals surface area contributed by atoms with Gasteiger partial charge in [0.1, 0.15) is 11.5 Å². The van der Waals surface area contributed by atoms with Crippen LogP contribution in [-0.2, 0) is 0 Å². The van der Waals surface area contributed by atoms with Gasteiger partial charge in [-0.05, 0) is 28.1 Å². The zero-order valence-electron chi connectivity index (χ0n) is 8.33. The van der Waals surface area contributed by atoms with Crippen LogP contribution in [0.4, 0.5) is 0 Å². The van der Waals surface area contributed by atoms with Crippen molar-refractivity contribution in [3.8, 4) is 11.5 Å². The normalized spacial score (nSPS) is 18.5. The summed E-state index contributed by atoms with van der Waals surface area (Å²) < 4.78 is 11.6. The second kappa shape index (κ2) is 5.05. The first kappa shape index (κ1) is 12.6. The highest BCUT2D eigenvalue weighted by atomic mass is 79.9. The van der Waals surface area contributed by atoms with E-state index >= 15 is 0 Å². The van der Waals surface area contributed by atoms with Gasteiger partial charge in [-0.25, -0.2) is 0 Å². The molecule has 0 saturated carbocycles. The van der Waals surface area contributed by atoms with E-state index in [-0.39, 0.29) is 18.4 Å². The number of ether oxygens (including phenoxy) is 2. The number of nitrogens with two attached hydrogens (primary N) is 1. The Kier molecular flexibility index (Phi) is 4.25. The van der Waals surface area contributed by atoms with Crippen LogP contribution in [-0.4, -0.2) is 13.7 Å². The molecule has 0 amide bonds. The van der Waals surface area contributed by atoms with Gasteiger partial charge in [0.25, 0.3) is 0 Å². The third-order valence-corrected chi connectivity index (χ3v) is 2.95. The molecule has 15 heavy (non-hydrogen) atoms. The molecule has 0 aromatic heterocycles. The quantitative estimate of drug-likeness (QED) is 0.866. The molecule has 2 rings (SSSR count). The highest BCUT2D eigenvalue weighted by Gasteiger charge is 2.21. The van der Waals surface area contributed by atoms with Gasteiger partial charge in [-0.2, -0.15) is 0 Å². The number of rotatable bonds is 1. The number of hydrogen-bond acceptors (Lipinski definition) is 3. The summed E-state index contributed by atoms with van der Waals surface area (Å²) in [5, 5.41) is 0. The first-order chi connectivity index (χ1) is 6.72. The molecule has 1 heterocycles. The van der Waals surface area contributed by atoms with E-state index in [4.69, 9.17) is 15.2 Å². The van der Waals surface area contributed by atoms with Gasteiger partial charge in [0.05, 0.1) is 18.2 Å². The summed E-state index contributed by atoms with van der Waals surface area (Å²) in [5.74, 6) is 1.65. The van der Waals surface area contributed by atoms with Crippen LogP contribution in [0.2, 0.25) is 0 Å². The fourth-order valence-corrected chi connectivity index (χ4v) is 2.15. The standard InChI is InChI=1S/C10H12BrNO2.ClH/c1-13-6-4-7-9(12)2-3-14-10(7)8(11)5-6;/h4-5,9H,2-3,12H2,1H3;1H/t9-;/m0./s1. The van der Waals surface area contributed by atoms with E-state index in [0.717, 1.165) is 28.0 Å². The minimum Gasteiger partial charge on any atom is -0.497 e. The third-order valence-electron chi connectivity index (χ3n) is 2.36. The van der Waals surface area contributed by atoms with Gasteiger partial charge in [-0.1, -0.05) is 0 Å². The van der Waals surface area contributed by atoms with Crippen molar-refractivity contribution in [1.82, 2.24) is 0 Å². The highest BCUT2D eigenvalue weighted by Crippen LogP contribution is 2.39. The minimum absolute atomic E-state index is 0. The molecule has 0 fully saturated rings. The summed E-state index contributed by atoms with van der Waals surface area (Å²) >= 11 is 3.44. The minimum atomic E-state index is 0. The van der Waals surface area contributed by atoms with Crippen molar-refractivity contribution in [2.75, 3.05) is 13.7 Å². The topological polar surface area (TPSA) is 44.5 Å². The third kappa shape index (κ3) is 2.38. The van der Waals surface area contributed by atoms with E-state index in [1.165, 1.54) is 0 Å². The molecule has 0 saturated heterocycles. The van der Waals surface area contributed by atoms with E-state index < -0.39 is 0 Å². The van der Waals surface area contributed by atoms with Crippen molar-refractivity contribution in [1.29, 1.82) is 0 Å². The lowest BCUT2D eigenvalue weighted by Crippen LogP contribution is -2.20. The molecule has 0 aliphatic carbocycles. The van der Waals surface area contributed by atoms with Crippen molar-refractivity contribution in [2.45, 2.75) is 12.5 Å². The van der Waals surface area contributed by atoms with Crippen LogP contribution in [0.1, 0.15) is 18.0 Å². The van der Waals surface area contributed by atoms with E-state index in [9.17, 15) is 0 Å². The Morgan fingerprint density at radius 2 is 2.27 bits per heavy atom. The van der Waals surface area contributed by atoms with Gasteiger partial charge in [0.2, 0.25) is 0 Å². The second-order valence-corrected chi connectivity index (χ2v) is 4.13. The van der Waals surface area contributed by atoms with Gasteiger partial charge in [-0.3, -0.25) is 0 Å². The first-order valence-electron chi connectivity index (χ1n) is 4.48. The lowest BCUT2D eigenvalue weighted by molar-refractivity contribution is 0.266. The monoisotopic (exact) mass is 293 g/mol. The van der Waals surface area contributed by atoms with Crippen LogP contribution >= 0.6 is 28.3 Å².